The van der Waals surface area contributed by atoms with E-state index in [2.05, 4.69) is 0 Å². The normalized spacial score (nSPS) is 15.4. The number of aliphatic carboxylic acids is 1. The number of carboxylic acids is 1. The van der Waals surface area contributed by atoms with Crippen molar-refractivity contribution in [3.63, 3.8) is 0 Å². The van der Waals surface area contributed by atoms with Gasteiger partial charge in [-0.15, -0.1) is 0 Å². The molecule has 4 atom stereocenters. The molecule has 0 saturated carbocycles. The summed E-state index contributed by atoms with van der Waals surface area (Å²) in [6.45, 7) is -0.843. The van der Waals surface area contributed by atoms with Gasteiger partial charge in [0, 0.05) is 0 Å². The number of hydrogen-bond acceptors (Lipinski definition) is 8. The second-order valence-corrected chi connectivity index (χ2v) is 3.86. The number of carboxylic acid groups (broad SMARTS) is 1. The molecule has 0 aliphatic heterocycles. The molecule has 120 valence electrons. The number of aliphatic hydroxyl groups is 5. The zero-order chi connectivity index (χ0) is 15.1. The average Bonchev–Trinajstić information content (AvgIpc) is 2.22. The fourth-order valence-corrected chi connectivity index (χ4v) is 0.668. The van der Waals surface area contributed by atoms with Gasteiger partial charge < -0.3 is 37.8 Å². The molecule has 0 spiro atoms. The fourth-order valence-electron chi connectivity index (χ4n) is 0.668. The van der Waals surface area contributed by atoms with E-state index in [0.29, 0.717) is 0 Å². The Bertz CT molecular complexity index is 365. The van der Waals surface area contributed by atoms with Crippen LogP contribution in [0.4, 0.5) is 0 Å². The minimum absolute atomic E-state index is 0. The van der Waals surface area contributed by atoms with Gasteiger partial charge in [-0.1, -0.05) is 0 Å². The summed E-state index contributed by atoms with van der Waals surface area (Å²) in [6.07, 6.45) is -7.84. The summed E-state index contributed by atoms with van der Waals surface area (Å²) < 4.78 is 31.6. The van der Waals surface area contributed by atoms with Gasteiger partial charge in [-0.2, -0.15) is 8.42 Å². The second-order valence-electron chi connectivity index (χ2n) is 2.96. The Hall–Kier alpha value is 2.17. The van der Waals surface area contributed by atoms with Crippen LogP contribution < -0.4 is 29.6 Å². The van der Waals surface area contributed by atoms with Crippen LogP contribution in [0, 0.1) is 0 Å². The van der Waals surface area contributed by atoms with E-state index in [4.69, 9.17) is 48.2 Å². The maximum atomic E-state index is 10.1. The van der Waals surface area contributed by atoms with Crippen LogP contribution in [-0.4, -0.2) is 146 Å². The molecule has 0 saturated heterocycles. The quantitative estimate of drug-likeness (QED) is 0.164. The van der Waals surface area contributed by atoms with Gasteiger partial charge >= 0.3 is 107 Å². The number of aliphatic hydroxyl groups excluding tert-OH is 5. The Balaban J connectivity index is -0.0000000223. The summed E-state index contributed by atoms with van der Waals surface area (Å²) in [6, 6.07) is 0. The van der Waals surface area contributed by atoms with Crippen LogP contribution in [0.2, 0.25) is 0 Å². The standard InChI is InChI=1S/C6H12O7.Ca.Mg.Na.H2O4S.5H/c7-1-2(8)3(9)4(10)5(11)6(12)13;;;;1-5(2,3)4;;;;;/h2-5,7-11H,1H2,(H,12,13);;;;(H2,1,2,3,4);;;;;/q;2*+2;+1;;5*-1/t2-,3-,4+,5-;;;;;;;;;/m1........./s1. The van der Waals surface area contributed by atoms with Crippen molar-refractivity contribution in [2.45, 2.75) is 24.4 Å². The van der Waals surface area contributed by atoms with E-state index in [1.807, 2.05) is 0 Å². The molecule has 11 nitrogen and oxygen atoms in total. The third-order valence-electron chi connectivity index (χ3n) is 1.51. The zero-order valence-corrected chi connectivity index (χ0v) is 17.6. The molecule has 0 aromatic rings. The minimum Gasteiger partial charge on any atom is -1.00 e. The molecular formula is C6H19CaMgNaO11S. The van der Waals surface area contributed by atoms with Crippen molar-refractivity contribution in [3.05, 3.63) is 0 Å². The SMILES string of the molecule is O=C(O)[C@H](O)[C@@H](O)[C@H](O)[C@H](O)CO.O=S(=O)(O)O.[Ca+2].[H-].[H-].[H-].[H-].[H-].[Mg+2].[Na+]. The summed E-state index contributed by atoms with van der Waals surface area (Å²) in [5.74, 6) is -1.73. The average molecular weight is 387 g/mol. The predicted octanol–water partition coefficient (Wildman–Crippen LogP) is -7.34. The van der Waals surface area contributed by atoms with Crippen LogP contribution in [0.15, 0.2) is 0 Å². The van der Waals surface area contributed by atoms with E-state index >= 15 is 0 Å². The van der Waals surface area contributed by atoms with Crippen LogP contribution >= 0.6 is 0 Å². The Kier molecular flexibility index (Phi) is 27.9. The molecule has 0 rings (SSSR count). The Labute approximate surface area is 195 Å². The van der Waals surface area contributed by atoms with Gasteiger partial charge in [-0.3, -0.25) is 9.11 Å². The number of hydrogen-bond donors (Lipinski definition) is 8. The largest absolute Gasteiger partial charge is 2.00 e. The molecular weight excluding hydrogens is 367 g/mol. The van der Waals surface area contributed by atoms with Gasteiger partial charge in [-0.25, -0.2) is 4.79 Å². The van der Waals surface area contributed by atoms with Crippen molar-refractivity contribution in [2.24, 2.45) is 0 Å². The number of carbonyl (C=O) groups is 1. The molecule has 0 heterocycles. The molecule has 0 aliphatic rings. The first kappa shape index (κ1) is 34.5. The van der Waals surface area contributed by atoms with Gasteiger partial charge in [0.25, 0.3) is 0 Å². The van der Waals surface area contributed by atoms with Crippen LogP contribution in [0.5, 0.6) is 0 Å². The molecule has 21 heavy (non-hydrogen) atoms. The second kappa shape index (κ2) is 17.0. The smallest absolute Gasteiger partial charge is 1.00 e. The van der Waals surface area contributed by atoms with Crippen LogP contribution in [0.25, 0.3) is 0 Å². The third kappa shape index (κ3) is 22.2. The fraction of sp³-hybridized carbons (Fsp3) is 0.833. The van der Waals surface area contributed by atoms with Gasteiger partial charge in [0.1, 0.15) is 18.3 Å². The van der Waals surface area contributed by atoms with Crippen molar-refractivity contribution >= 4 is 77.2 Å². The Morgan fingerprint density at radius 2 is 1.33 bits per heavy atom. The predicted molar refractivity (Wildman–Crippen MR) is 70.0 cm³/mol. The first-order chi connectivity index (χ1) is 7.91. The molecule has 0 aromatic carbocycles. The van der Waals surface area contributed by atoms with Crippen molar-refractivity contribution < 1.29 is 89.6 Å². The maximum Gasteiger partial charge on any atom is 2.00 e. The Morgan fingerprint density at radius 1 is 1.05 bits per heavy atom. The van der Waals surface area contributed by atoms with Crippen LogP contribution in [-0.2, 0) is 15.2 Å². The molecule has 15 heteroatoms. The summed E-state index contributed by atoms with van der Waals surface area (Å²) in [5.41, 5.74) is 0. The molecule has 0 fully saturated rings. The van der Waals surface area contributed by atoms with Gasteiger partial charge in [0.05, 0.1) is 6.61 Å². The van der Waals surface area contributed by atoms with Crippen molar-refractivity contribution in [1.29, 1.82) is 0 Å². The first-order valence-corrected chi connectivity index (χ1v) is 5.57. The van der Waals surface area contributed by atoms with Crippen LogP contribution in [0.3, 0.4) is 0 Å². The molecule has 0 bridgehead atoms. The molecule has 0 amide bonds. The Morgan fingerprint density at radius 3 is 1.52 bits per heavy atom. The molecule has 0 aromatic heterocycles. The molecule has 0 unspecified atom stereocenters. The van der Waals surface area contributed by atoms with E-state index < -0.39 is 47.4 Å². The zero-order valence-electron chi connectivity index (χ0n) is 16.1. The monoisotopic (exact) mass is 386 g/mol. The molecule has 8 N–H and O–H groups in total. The number of rotatable bonds is 5. The third-order valence-corrected chi connectivity index (χ3v) is 1.51. The van der Waals surface area contributed by atoms with E-state index in [1.165, 1.54) is 0 Å². The van der Waals surface area contributed by atoms with Crippen molar-refractivity contribution in [3.8, 4) is 0 Å². The first-order valence-electron chi connectivity index (χ1n) is 4.17. The summed E-state index contributed by atoms with van der Waals surface area (Å²) in [4.78, 5) is 10.1. The van der Waals surface area contributed by atoms with Crippen molar-refractivity contribution in [2.75, 3.05) is 6.61 Å². The maximum absolute atomic E-state index is 10.1. The van der Waals surface area contributed by atoms with Crippen molar-refractivity contribution in [1.82, 2.24) is 0 Å². The van der Waals surface area contributed by atoms with E-state index in [9.17, 15) is 4.79 Å². The van der Waals surface area contributed by atoms with E-state index in [-0.39, 0.29) is 97.5 Å². The summed E-state index contributed by atoms with van der Waals surface area (Å²) >= 11 is 0. The van der Waals surface area contributed by atoms with Gasteiger partial charge in [-0.05, 0) is 0 Å². The summed E-state index contributed by atoms with van der Waals surface area (Å²) in [7, 11) is -4.67. The van der Waals surface area contributed by atoms with E-state index in [0.717, 1.165) is 0 Å². The van der Waals surface area contributed by atoms with E-state index in [1.54, 1.807) is 0 Å². The van der Waals surface area contributed by atoms with Crippen LogP contribution in [0.1, 0.15) is 7.13 Å². The van der Waals surface area contributed by atoms with Gasteiger partial charge in [0.15, 0.2) is 6.10 Å². The van der Waals surface area contributed by atoms with Gasteiger partial charge in [0.2, 0.25) is 0 Å². The molecule has 0 aliphatic carbocycles. The summed E-state index contributed by atoms with van der Waals surface area (Å²) in [5, 5.41) is 51.8. The minimum atomic E-state index is -4.67. The molecule has 0 radical (unpaired) electrons. The topological polar surface area (TPSA) is 213 Å².